The van der Waals surface area contributed by atoms with Crippen LogP contribution in [0.5, 0.6) is 0 Å². The third-order valence-corrected chi connectivity index (χ3v) is 3.59. The largest absolute Gasteiger partial charge is 0.394 e. The molecule has 5 heteroatoms. The predicted octanol–water partition coefficient (Wildman–Crippen LogP) is -0.653. The van der Waals surface area contributed by atoms with Gasteiger partial charge in [0.15, 0.2) is 0 Å². The van der Waals surface area contributed by atoms with Gasteiger partial charge in [-0.05, 0) is 19.3 Å². The van der Waals surface area contributed by atoms with E-state index in [1.165, 1.54) is 0 Å². The summed E-state index contributed by atoms with van der Waals surface area (Å²) >= 11 is 0. The summed E-state index contributed by atoms with van der Waals surface area (Å²) < 4.78 is 5.22. The second-order valence-electron chi connectivity index (χ2n) is 4.56. The van der Waals surface area contributed by atoms with Gasteiger partial charge in [-0.3, -0.25) is 4.79 Å². The summed E-state index contributed by atoms with van der Waals surface area (Å²) in [5.41, 5.74) is 0. The van der Waals surface area contributed by atoms with E-state index in [0.29, 0.717) is 0 Å². The van der Waals surface area contributed by atoms with Gasteiger partial charge < -0.3 is 20.1 Å². The van der Waals surface area contributed by atoms with Gasteiger partial charge in [0.05, 0.1) is 24.8 Å². The Labute approximate surface area is 95.8 Å². The lowest BCUT2D eigenvalue weighted by Crippen LogP contribution is -2.46. The van der Waals surface area contributed by atoms with E-state index in [0.717, 1.165) is 32.4 Å². The second kappa shape index (κ2) is 5.12. The van der Waals surface area contributed by atoms with Crippen LogP contribution >= 0.6 is 0 Å². The molecule has 0 spiro atoms. The quantitative estimate of drug-likeness (QED) is 0.673. The summed E-state index contributed by atoms with van der Waals surface area (Å²) in [6.45, 7) is 1.59. The van der Waals surface area contributed by atoms with Crippen LogP contribution in [0.2, 0.25) is 0 Å². The van der Waals surface area contributed by atoms with Gasteiger partial charge in [0.2, 0.25) is 5.91 Å². The third kappa shape index (κ3) is 2.21. The first kappa shape index (κ1) is 11.8. The molecule has 0 aromatic carbocycles. The van der Waals surface area contributed by atoms with E-state index in [4.69, 9.17) is 4.74 Å². The predicted molar refractivity (Wildman–Crippen MR) is 59.0 cm³/mol. The maximum Gasteiger partial charge on any atom is 0.240 e. The van der Waals surface area contributed by atoms with Gasteiger partial charge >= 0.3 is 0 Å². The van der Waals surface area contributed by atoms with Gasteiger partial charge in [-0.25, -0.2) is 0 Å². The Kier molecular flexibility index (Phi) is 3.78. The number of amides is 1. The van der Waals surface area contributed by atoms with Crippen LogP contribution in [0.3, 0.4) is 0 Å². The monoisotopic (exact) mass is 228 g/mol. The average molecular weight is 228 g/mol. The molecular weight excluding hydrogens is 208 g/mol. The van der Waals surface area contributed by atoms with Crippen LogP contribution < -0.4 is 5.32 Å². The zero-order valence-electron chi connectivity index (χ0n) is 9.69. The van der Waals surface area contributed by atoms with Crippen LogP contribution in [0.25, 0.3) is 0 Å². The molecule has 0 bridgehead atoms. The molecule has 2 N–H and O–H groups in total. The normalized spacial score (nSPS) is 34.6. The number of methoxy groups -OCH3 is 1. The number of rotatable bonds is 3. The minimum Gasteiger partial charge on any atom is -0.394 e. The van der Waals surface area contributed by atoms with E-state index >= 15 is 0 Å². The number of nitrogens with one attached hydrogen (secondary N) is 1. The maximum absolute atomic E-state index is 12.2. The topological polar surface area (TPSA) is 61.8 Å². The van der Waals surface area contributed by atoms with Crippen molar-refractivity contribution >= 4 is 5.91 Å². The molecule has 2 aliphatic heterocycles. The van der Waals surface area contributed by atoms with E-state index in [1.807, 2.05) is 4.90 Å². The summed E-state index contributed by atoms with van der Waals surface area (Å²) in [5, 5.41) is 12.4. The van der Waals surface area contributed by atoms with Crippen LogP contribution in [-0.2, 0) is 9.53 Å². The van der Waals surface area contributed by atoms with Crippen molar-refractivity contribution in [3.63, 3.8) is 0 Å². The van der Waals surface area contributed by atoms with Crippen molar-refractivity contribution in [1.82, 2.24) is 10.2 Å². The van der Waals surface area contributed by atoms with Crippen molar-refractivity contribution in [2.75, 3.05) is 26.8 Å². The van der Waals surface area contributed by atoms with Gasteiger partial charge in [-0.1, -0.05) is 0 Å². The highest BCUT2D eigenvalue weighted by Gasteiger charge is 2.36. The molecule has 16 heavy (non-hydrogen) atoms. The smallest absolute Gasteiger partial charge is 0.240 e. The van der Waals surface area contributed by atoms with Crippen molar-refractivity contribution < 1.29 is 14.6 Å². The molecule has 1 amide bonds. The number of hydrogen-bond acceptors (Lipinski definition) is 4. The second-order valence-corrected chi connectivity index (χ2v) is 4.56. The molecule has 0 aromatic rings. The summed E-state index contributed by atoms with van der Waals surface area (Å²) in [4.78, 5) is 14.0. The number of carbonyl (C=O) groups excluding carboxylic acids is 1. The van der Waals surface area contributed by atoms with Crippen molar-refractivity contribution in [2.45, 2.75) is 37.5 Å². The zero-order valence-corrected chi connectivity index (χ0v) is 9.69. The van der Waals surface area contributed by atoms with Crippen LogP contribution in [0.1, 0.15) is 19.3 Å². The van der Waals surface area contributed by atoms with Crippen molar-refractivity contribution in [2.24, 2.45) is 0 Å². The van der Waals surface area contributed by atoms with E-state index in [9.17, 15) is 9.90 Å². The third-order valence-electron chi connectivity index (χ3n) is 3.59. The Morgan fingerprint density at radius 2 is 2.44 bits per heavy atom. The molecule has 0 radical (unpaired) electrons. The maximum atomic E-state index is 12.2. The molecule has 2 saturated heterocycles. The Bertz CT molecular complexity index is 260. The molecule has 3 atom stereocenters. The summed E-state index contributed by atoms with van der Waals surface area (Å²) in [6, 6.07) is -0.104. The van der Waals surface area contributed by atoms with E-state index in [-0.39, 0.29) is 30.7 Å². The zero-order chi connectivity index (χ0) is 11.5. The highest BCUT2D eigenvalue weighted by Crippen LogP contribution is 2.20. The molecular formula is C11H20N2O3. The Hall–Kier alpha value is -0.650. The minimum absolute atomic E-state index is 0.0240. The molecule has 2 heterocycles. The van der Waals surface area contributed by atoms with E-state index in [2.05, 4.69) is 5.32 Å². The lowest BCUT2D eigenvalue weighted by Gasteiger charge is -2.26. The molecule has 0 saturated carbocycles. The van der Waals surface area contributed by atoms with Crippen LogP contribution in [-0.4, -0.2) is 60.9 Å². The summed E-state index contributed by atoms with van der Waals surface area (Å²) in [6.07, 6.45) is 2.80. The Morgan fingerprint density at radius 1 is 1.62 bits per heavy atom. The van der Waals surface area contributed by atoms with Crippen LogP contribution in [0.15, 0.2) is 0 Å². The molecule has 92 valence electrons. The van der Waals surface area contributed by atoms with Gasteiger partial charge in [-0.2, -0.15) is 0 Å². The van der Waals surface area contributed by atoms with Crippen molar-refractivity contribution in [3.05, 3.63) is 0 Å². The SMILES string of the molecule is COC1CNC(C(=O)N2CCC[C@H]2CO)C1. The van der Waals surface area contributed by atoms with E-state index < -0.39 is 0 Å². The molecule has 0 aliphatic carbocycles. The van der Waals surface area contributed by atoms with Gasteiger partial charge in [-0.15, -0.1) is 0 Å². The molecule has 2 fully saturated rings. The van der Waals surface area contributed by atoms with Crippen molar-refractivity contribution in [1.29, 1.82) is 0 Å². The summed E-state index contributed by atoms with van der Waals surface area (Å²) in [5.74, 6) is 0.121. The molecule has 0 aromatic heterocycles. The molecule has 2 aliphatic rings. The average Bonchev–Trinajstić information content (AvgIpc) is 2.96. The van der Waals surface area contributed by atoms with Gasteiger partial charge in [0.25, 0.3) is 0 Å². The lowest BCUT2D eigenvalue weighted by molar-refractivity contribution is -0.134. The number of nitrogens with zero attached hydrogens (tertiary/aromatic N) is 1. The fraction of sp³-hybridized carbons (Fsp3) is 0.909. The van der Waals surface area contributed by atoms with Gasteiger partial charge in [0.1, 0.15) is 0 Å². The standard InChI is InChI=1S/C11H20N2O3/c1-16-9-5-10(12-6-9)11(15)13-4-2-3-8(13)7-14/h8-10,12,14H,2-7H2,1H3/t8-,9?,10?/m0/s1. The number of aliphatic hydroxyl groups is 1. The fourth-order valence-electron chi connectivity index (χ4n) is 2.59. The minimum atomic E-state index is -0.128. The van der Waals surface area contributed by atoms with Gasteiger partial charge in [0, 0.05) is 20.2 Å². The number of ether oxygens (including phenoxy) is 1. The molecule has 2 unspecified atom stereocenters. The summed E-state index contributed by atoms with van der Waals surface area (Å²) in [7, 11) is 1.67. The number of likely N-dealkylation sites (tertiary alicyclic amines) is 1. The molecule has 5 nitrogen and oxygen atoms in total. The number of carbonyl (C=O) groups is 1. The number of hydrogen-bond donors (Lipinski definition) is 2. The molecule has 2 rings (SSSR count). The Morgan fingerprint density at radius 3 is 3.06 bits per heavy atom. The first-order valence-corrected chi connectivity index (χ1v) is 5.93. The number of aliphatic hydroxyl groups excluding tert-OH is 1. The van der Waals surface area contributed by atoms with E-state index in [1.54, 1.807) is 7.11 Å². The highest BCUT2D eigenvalue weighted by atomic mass is 16.5. The highest BCUT2D eigenvalue weighted by molar-refractivity contribution is 5.82. The lowest BCUT2D eigenvalue weighted by atomic mass is 10.1. The fourth-order valence-corrected chi connectivity index (χ4v) is 2.59. The van der Waals surface area contributed by atoms with Crippen LogP contribution in [0, 0.1) is 0 Å². The van der Waals surface area contributed by atoms with Crippen molar-refractivity contribution in [3.8, 4) is 0 Å². The Balaban J connectivity index is 1.92. The first-order valence-electron chi connectivity index (χ1n) is 5.93. The van der Waals surface area contributed by atoms with Crippen LogP contribution in [0.4, 0.5) is 0 Å². The first-order chi connectivity index (χ1) is 7.76.